The minimum atomic E-state index is 0.150. The third kappa shape index (κ3) is 1.46. The first-order valence-corrected chi connectivity index (χ1v) is 6.42. The van der Waals surface area contributed by atoms with Crippen LogP contribution in [0.2, 0.25) is 0 Å². The van der Waals surface area contributed by atoms with E-state index in [9.17, 15) is 5.11 Å². The van der Waals surface area contributed by atoms with Crippen LogP contribution in [-0.4, -0.2) is 41.1 Å². The molecule has 0 aliphatic carbocycles. The third-order valence-electron chi connectivity index (χ3n) is 2.61. The van der Waals surface area contributed by atoms with Gasteiger partial charge in [-0.25, -0.2) is 9.67 Å². The number of aromatic hydroxyl groups is 1. The van der Waals surface area contributed by atoms with E-state index in [-0.39, 0.29) is 5.75 Å². The van der Waals surface area contributed by atoms with Crippen LogP contribution in [0.25, 0.3) is 17.0 Å². The van der Waals surface area contributed by atoms with Crippen LogP contribution in [0.1, 0.15) is 0 Å². The van der Waals surface area contributed by atoms with Gasteiger partial charge in [0.2, 0.25) is 0 Å². The molecule has 0 spiro atoms. The molecule has 7 nitrogen and oxygen atoms in total. The lowest BCUT2D eigenvalue weighted by molar-refractivity contribution is 0.480. The second-order valence-electron chi connectivity index (χ2n) is 3.68. The molecule has 1 N–H and O–H groups in total. The average Bonchev–Trinajstić information content (AvgIpc) is 2.93. The molecular weight excluding hydrogens is 252 g/mol. The zero-order chi connectivity index (χ0) is 12.7. The van der Waals surface area contributed by atoms with Gasteiger partial charge in [-0.1, -0.05) is 22.9 Å². The lowest BCUT2D eigenvalue weighted by Crippen LogP contribution is -2.05. The molecule has 0 saturated carbocycles. The summed E-state index contributed by atoms with van der Waals surface area (Å²) < 4.78 is 3.38. The number of rotatable bonds is 2. The lowest BCUT2D eigenvalue weighted by atomic mass is 10.3. The summed E-state index contributed by atoms with van der Waals surface area (Å²) in [5.41, 5.74) is 1.32. The molecule has 0 bridgehead atoms. The molecule has 18 heavy (non-hydrogen) atoms. The predicted octanol–water partition coefficient (Wildman–Crippen LogP) is 0.976. The quantitative estimate of drug-likeness (QED) is 0.693. The van der Waals surface area contributed by atoms with E-state index < -0.39 is 0 Å². The number of para-hydroxylation sites is 1. The number of aromatic nitrogens is 6. The molecule has 2 aromatic heterocycles. The van der Waals surface area contributed by atoms with E-state index in [1.807, 2.05) is 16.9 Å². The number of imidazole rings is 1. The lowest BCUT2D eigenvalue weighted by Gasteiger charge is -2.04. The molecule has 3 rings (SSSR count). The molecule has 0 saturated heterocycles. The van der Waals surface area contributed by atoms with Gasteiger partial charge in [0.05, 0.1) is 5.52 Å². The van der Waals surface area contributed by atoms with Gasteiger partial charge in [0.1, 0.15) is 11.3 Å². The Morgan fingerprint density at radius 1 is 1.33 bits per heavy atom. The van der Waals surface area contributed by atoms with Crippen molar-refractivity contribution in [1.29, 1.82) is 0 Å². The number of hydrogen-bond acceptors (Lipinski definition) is 6. The van der Waals surface area contributed by atoms with Crippen molar-refractivity contribution in [2.75, 3.05) is 6.26 Å². The Labute approximate surface area is 106 Å². The summed E-state index contributed by atoms with van der Waals surface area (Å²) in [4.78, 5) is 4.39. The fraction of sp³-hybridized carbons (Fsp3) is 0.200. The summed E-state index contributed by atoms with van der Waals surface area (Å²) in [6.07, 6.45) is 1.92. The largest absolute Gasteiger partial charge is 0.506 e. The van der Waals surface area contributed by atoms with Crippen LogP contribution in [-0.2, 0) is 7.05 Å². The van der Waals surface area contributed by atoms with Crippen molar-refractivity contribution in [1.82, 2.24) is 29.8 Å². The molecule has 8 heteroatoms. The summed E-state index contributed by atoms with van der Waals surface area (Å²) in [6.45, 7) is 0. The highest BCUT2D eigenvalue weighted by atomic mass is 32.2. The van der Waals surface area contributed by atoms with E-state index in [0.29, 0.717) is 11.5 Å². The maximum Gasteiger partial charge on any atom is 0.256 e. The van der Waals surface area contributed by atoms with E-state index in [4.69, 9.17) is 0 Å². The SMILES string of the molecule is CSc1nc2c(O)cccc2n1-c1nnnn1C. The molecule has 0 aliphatic rings. The van der Waals surface area contributed by atoms with Gasteiger partial charge >= 0.3 is 0 Å². The Morgan fingerprint density at radius 2 is 2.17 bits per heavy atom. The second kappa shape index (κ2) is 3.98. The van der Waals surface area contributed by atoms with E-state index in [1.54, 1.807) is 23.9 Å². The standard InChI is InChI=1S/C10H10N6OS/c1-15-9(12-13-14-15)16-6-4-3-5-7(17)8(6)11-10(16)18-2/h3-5,17H,1-2H3. The van der Waals surface area contributed by atoms with Crippen molar-refractivity contribution >= 4 is 22.8 Å². The minimum absolute atomic E-state index is 0.150. The minimum Gasteiger partial charge on any atom is -0.506 e. The van der Waals surface area contributed by atoms with Crippen molar-refractivity contribution in [3.63, 3.8) is 0 Å². The Hall–Kier alpha value is -2.09. The van der Waals surface area contributed by atoms with Gasteiger partial charge in [-0.15, -0.1) is 0 Å². The van der Waals surface area contributed by atoms with Crippen molar-refractivity contribution in [2.24, 2.45) is 7.05 Å². The number of tetrazole rings is 1. The highest BCUT2D eigenvalue weighted by Crippen LogP contribution is 2.30. The molecular formula is C10H10N6OS. The van der Waals surface area contributed by atoms with Gasteiger partial charge in [0, 0.05) is 7.05 Å². The average molecular weight is 262 g/mol. The van der Waals surface area contributed by atoms with E-state index >= 15 is 0 Å². The number of thioether (sulfide) groups is 1. The Kier molecular flexibility index (Phi) is 2.44. The monoisotopic (exact) mass is 262 g/mol. The molecule has 0 unspecified atom stereocenters. The molecule has 0 fully saturated rings. The van der Waals surface area contributed by atoms with E-state index in [2.05, 4.69) is 20.5 Å². The van der Waals surface area contributed by atoms with Gasteiger partial charge in [0.15, 0.2) is 5.16 Å². The van der Waals surface area contributed by atoms with Crippen LogP contribution in [0.3, 0.4) is 0 Å². The molecule has 2 heterocycles. The van der Waals surface area contributed by atoms with Gasteiger partial charge in [-0.05, 0) is 28.8 Å². The highest BCUT2D eigenvalue weighted by Gasteiger charge is 2.17. The van der Waals surface area contributed by atoms with E-state index in [1.165, 1.54) is 11.8 Å². The fourth-order valence-corrected chi connectivity index (χ4v) is 2.35. The smallest absolute Gasteiger partial charge is 0.256 e. The number of fused-ring (bicyclic) bond motifs is 1. The Bertz CT molecular complexity index is 718. The first-order chi connectivity index (χ1) is 8.72. The van der Waals surface area contributed by atoms with Crippen molar-refractivity contribution in [3.05, 3.63) is 18.2 Å². The van der Waals surface area contributed by atoms with Crippen LogP contribution in [0.5, 0.6) is 5.75 Å². The first kappa shape index (κ1) is 11.0. The molecule has 0 atom stereocenters. The highest BCUT2D eigenvalue weighted by molar-refractivity contribution is 7.98. The number of aryl methyl sites for hydroxylation is 1. The molecule has 92 valence electrons. The summed E-state index contributed by atoms with van der Waals surface area (Å²) in [5.74, 6) is 0.712. The number of phenols is 1. The third-order valence-corrected chi connectivity index (χ3v) is 3.25. The normalized spacial score (nSPS) is 11.2. The topological polar surface area (TPSA) is 81.7 Å². The fourth-order valence-electron chi connectivity index (χ4n) is 1.81. The van der Waals surface area contributed by atoms with Crippen LogP contribution >= 0.6 is 11.8 Å². The van der Waals surface area contributed by atoms with Crippen LogP contribution < -0.4 is 0 Å². The molecule has 0 aliphatic heterocycles. The number of benzene rings is 1. The van der Waals surface area contributed by atoms with Crippen LogP contribution in [0, 0.1) is 0 Å². The van der Waals surface area contributed by atoms with Gasteiger partial charge in [-0.3, -0.25) is 4.57 Å². The molecule has 3 aromatic rings. The van der Waals surface area contributed by atoms with Gasteiger partial charge in [0.25, 0.3) is 5.95 Å². The zero-order valence-corrected chi connectivity index (χ0v) is 10.6. The van der Waals surface area contributed by atoms with Gasteiger partial charge < -0.3 is 5.11 Å². The van der Waals surface area contributed by atoms with Crippen molar-refractivity contribution in [3.8, 4) is 11.7 Å². The Morgan fingerprint density at radius 3 is 2.83 bits per heavy atom. The maximum atomic E-state index is 9.83. The van der Waals surface area contributed by atoms with Gasteiger partial charge in [-0.2, -0.15) is 0 Å². The van der Waals surface area contributed by atoms with E-state index in [0.717, 1.165) is 10.7 Å². The number of hydrogen-bond donors (Lipinski definition) is 1. The second-order valence-corrected chi connectivity index (χ2v) is 4.45. The van der Waals surface area contributed by atoms with Crippen molar-refractivity contribution < 1.29 is 5.11 Å². The zero-order valence-electron chi connectivity index (χ0n) is 9.77. The van der Waals surface area contributed by atoms with Crippen molar-refractivity contribution in [2.45, 2.75) is 5.16 Å². The molecule has 0 amide bonds. The summed E-state index contributed by atoms with van der Waals surface area (Å²) in [5, 5.41) is 22.0. The van der Waals surface area contributed by atoms with Crippen LogP contribution in [0.15, 0.2) is 23.4 Å². The Balaban J connectivity index is 2.40. The predicted molar refractivity (Wildman–Crippen MR) is 66.9 cm³/mol. The summed E-state index contributed by atoms with van der Waals surface area (Å²) >= 11 is 1.47. The maximum absolute atomic E-state index is 9.83. The summed E-state index contributed by atoms with van der Waals surface area (Å²) in [7, 11) is 1.76. The first-order valence-electron chi connectivity index (χ1n) is 5.19. The number of phenolic OH excluding ortho intramolecular Hbond substituents is 1. The summed E-state index contributed by atoms with van der Waals surface area (Å²) in [6, 6.07) is 5.25. The van der Waals surface area contributed by atoms with Crippen LogP contribution in [0.4, 0.5) is 0 Å². The molecule has 1 aromatic carbocycles. The molecule has 0 radical (unpaired) electrons. The number of nitrogens with zero attached hydrogens (tertiary/aromatic N) is 6.